The van der Waals surface area contributed by atoms with Crippen LogP contribution in [0.4, 0.5) is 0 Å². The molecular weight excluding hydrogens is 236 g/mol. The molecule has 0 heterocycles. The third-order valence-corrected chi connectivity index (χ3v) is 3.00. The number of carbonyl (C=O) groups excluding carboxylic acids is 1. The number of rotatable bonds is 5. The molecule has 3 N–H and O–H groups in total. The van der Waals surface area contributed by atoms with Crippen LogP contribution in [0.25, 0.3) is 6.08 Å². The fraction of sp³-hybridized carbons (Fsp3) is 0.438. The lowest BCUT2D eigenvalue weighted by molar-refractivity contribution is -0.117. The number of nitrogens with one attached hydrogen (secondary N) is 1. The number of hydrogen-bond acceptors (Lipinski definition) is 2. The Balaban J connectivity index is 2.64. The first-order chi connectivity index (χ1) is 8.84. The van der Waals surface area contributed by atoms with Gasteiger partial charge in [-0.3, -0.25) is 4.79 Å². The monoisotopic (exact) mass is 260 g/mol. The van der Waals surface area contributed by atoms with Crippen LogP contribution in [0.15, 0.2) is 30.3 Å². The van der Waals surface area contributed by atoms with Crippen LogP contribution in [-0.4, -0.2) is 18.0 Å². The topological polar surface area (TPSA) is 55.1 Å². The van der Waals surface area contributed by atoms with E-state index in [1.807, 2.05) is 32.1 Å². The normalized spacial score (nSPS) is 12.1. The highest BCUT2D eigenvalue weighted by Gasteiger charge is 2.16. The second-order valence-corrected chi connectivity index (χ2v) is 5.73. The summed E-state index contributed by atoms with van der Waals surface area (Å²) in [6, 6.07) is 8.22. The van der Waals surface area contributed by atoms with Gasteiger partial charge in [0, 0.05) is 18.2 Å². The van der Waals surface area contributed by atoms with Gasteiger partial charge in [0.2, 0.25) is 5.91 Å². The van der Waals surface area contributed by atoms with Gasteiger partial charge in [-0.25, -0.2) is 0 Å². The van der Waals surface area contributed by atoms with E-state index in [4.69, 9.17) is 5.73 Å². The van der Waals surface area contributed by atoms with Gasteiger partial charge in [0.1, 0.15) is 0 Å². The molecule has 0 saturated carbocycles. The molecule has 19 heavy (non-hydrogen) atoms. The lowest BCUT2D eigenvalue weighted by Gasteiger charge is -2.23. The van der Waals surface area contributed by atoms with Gasteiger partial charge in [-0.05, 0) is 37.0 Å². The molecule has 0 aliphatic carbocycles. The predicted molar refractivity (Wildman–Crippen MR) is 80.8 cm³/mol. The Bertz CT molecular complexity index is 444. The van der Waals surface area contributed by atoms with Gasteiger partial charge < -0.3 is 11.1 Å². The zero-order valence-corrected chi connectivity index (χ0v) is 12.2. The zero-order chi connectivity index (χ0) is 14.5. The van der Waals surface area contributed by atoms with Crippen LogP contribution >= 0.6 is 0 Å². The molecule has 0 bridgehead atoms. The smallest absolute Gasteiger partial charge is 0.244 e. The molecule has 1 amide bonds. The molecule has 1 aromatic carbocycles. The Morgan fingerprint density at radius 2 is 1.89 bits per heavy atom. The van der Waals surface area contributed by atoms with Crippen LogP contribution in [0.5, 0.6) is 0 Å². The fourth-order valence-corrected chi connectivity index (χ4v) is 1.59. The summed E-state index contributed by atoms with van der Waals surface area (Å²) in [6.45, 7) is 8.53. The van der Waals surface area contributed by atoms with Crippen LogP contribution in [-0.2, 0) is 4.79 Å². The number of benzene rings is 1. The SMILES string of the molecule is CC(C)c1ccc(/C=C/C(=O)NC(C)(C)CN)cc1. The van der Waals surface area contributed by atoms with Gasteiger partial charge >= 0.3 is 0 Å². The maximum Gasteiger partial charge on any atom is 0.244 e. The molecule has 0 atom stereocenters. The van der Waals surface area contributed by atoms with Crippen molar-refractivity contribution in [2.24, 2.45) is 5.73 Å². The third-order valence-electron chi connectivity index (χ3n) is 3.00. The lowest BCUT2D eigenvalue weighted by Crippen LogP contribution is -2.48. The summed E-state index contributed by atoms with van der Waals surface area (Å²) < 4.78 is 0. The van der Waals surface area contributed by atoms with Crippen molar-refractivity contribution in [2.45, 2.75) is 39.2 Å². The molecule has 104 valence electrons. The Morgan fingerprint density at radius 1 is 1.32 bits per heavy atom. The van der Waals surface area contributed by atoms with Gasteiger partial charge in [0.05, 0.1) is 0 Å². The first-order valence-corrected chi connectivity index (χ1v) is 6.64. The third kappa shape index (κ3) is 5.26. The molecule has 3 nitrogen and oxygen atoms in total. The van der Waals surface area contributed by atoms with E-state index in [0.29, 0.717) is 12.5 Å². The van der Waals surface area contributed by atoms with Crippen molar-refractivity contribution in [3.63, 3.8) is 0 Å². The number of carbonyl (C=O) groups is 1. The number of nitrogens with two attached hydrogens (primary N) is 1. The van der Waals surface area contributed by atoms with Gasteiger partial charge in [0.25, 0.3) is 0 Å². The van der Waals surface area contributed by atoms with E-state index >= 15 is 0 Å². The fourth-order valence-electron chi connectivity index (χ4n) is 1.59. The number of amides is 1. The van der Waals surface area contributed by atoms with Crippen LogP contribution in [0.2, 0.25) is 0 Å². The van der Waals surface area contributed by atoms with E-state index < -0.39 is 0 Å². The van der Waals surface area contributed by atoms with Crippen LogP contribution in [0.1, 0.15) is 44.7 Å². The summed E-state index contributed by atoms with van der Waals surface area (Å²) >= 11 is 0. The first kappa shape index (κ1) is 15.4. The standard InChI is InChI=1S/C16H24N2O/c1-12(2)14-8-5-13(6-9-14)7-10-15(19)18-16(3,4)11-17/h5-10,12H,11,17H2,1-4H3,(H,18,19)/b10-7+. The van der Waals surface area contributed by atoms with Crippen molar-refractivity contribution >= 4 is 12.0 Å². The van der Waals surface area contributed by atoms with E-state index in [9.17, 15) is 4.79 Å². The van der Waals surface area contributed by atoms with E-state index in [-0.39, 0.29) is 11.4 Å². The summed E-state index contributed by atoms with van der Waals surface area (Å²) in [4.78, 5) is 11.7. The Labute approximate surface area is 115 Å². The molecular formula is C16H24N2O. The maximum atomic E-state index is 11.7. The quantitative estimate of drug-likeness (QED) is 0.800. The van der Waals surface area contributed by atoms with Gasteiger partial charge in [-0.2, -0.15) is 0 Å². The van der Waals surface area contributed by atoms with Crippen molar-refractivity contribution < 1.29 is 4.79 Å². The lowest BCUT2D eigenvalue weighted by atomic mass is 10.0. The molecule has 0 radical (unpaired) electrons. The number of hydrogen-bond donors (Lipinski definition) is 2. The second-order valence-electron chi connectivity index (χ2n) is 5.73. The molecule has 1 aromatic rings. The molecule has 0 aliphatic heterocycles. The van der Waals surface area contributed by atoms with Crippen LogP contribution < -0.4 is 11.1 Å². The average Bonchev–Trinajstić information content (AvgIpc) is 2.36. The maximum absolute atomic E-state index is 11.7. The predicted octanol–water partition coefficient (Wildman–Crippen LogP) is 2.68. The van der Waals surface area contributed by atoms with Gasteiger partial charge in [0.15, 0.2) is 0 Å². The van der Waals surface area contributed by atoms with Crippen molar-refractivity contribution in [2.75, 3.05) is 6.54 Å². The van der Waals surface area contributed by atoms with Crippen molar-refractivity contribution in [3.05, 3.63) is 41.5 Å². The summed E-state index contributed by atoms with van der Waals surface area (Å²) in [5, 5.41) is 2.86. The molecule has 3 heteroatoms. The molecule has 0 saturated heterocycles. The summed E-state index contributed by atoms with van der Waals surface area (Å²) in [7, 11) is 0. The summed E-state index contributed by atoms with van der Waals surface area (Å²) in [5.74, 6) is 0.398. The van der Waals surface area contributed by atoms with E-state index in [1.54, 1.807) is 6.08 Å². The zero-order valence-electron chi connectivity index (χ0n) is 12.2. The van der Waals surface area contributed by atoms with E-state index in [1.165, 1.54) is 5.56 Å². The summed E-state index contributed by atoms with van der Waals surface area (Å²) in [5.41, 5.74) is 7.51. The second kappa shape index (κ2) is 6.53. The van der Waals surface area contributed by atoms with Crippen LogP contribution in [0, 0.1) is 0 Å². The van der Waals surface area contributed by atoms with Gasteiger partial charge in [-0.1, -0.05) is 38.1 Å². The van der Waals surface area contributed by atoms with Crippen molar-refractivity contribution in [1.29, 1.82) is 0 Å². The Morgan fingerprint density at radius 3 is 2.37 bits per heavy atom. The Kier molecular flexibility index (Phi) is 5.31. The van der Waals surface area contributed by atoms with Crippen molar-refractivity contribution in [3.8, 4) is 0 Å². The van der Waals surface area contributed by atoms with Crippen LogP contribution in [0.3, 0.4) is 0 Å². The first-order valence-electron chi connectivity index (χ1n) is 6.64. The highest BCUT2D eigenvalue weighted by molar-refractivity contribution is 5.92. The highest BCUT2D eigenvalue weighted by Crippen LogP contribution is 2.15. The molecule has 1 rings (SSSR count). The molecule has 0 fully saturated rings. The van der Waals surface area contributed by atoms with Gasteiger partial charge in [-0.15, -0.1) is 0 Å². The van der Waals surface area contributed by atoms with Crippen molar-refractivity contribution in [1.82, 2.24) is 5.32 Å². The van der Waals surface area contributed by atoms with E-state index in [0.717, 1.165) is 5.56 Å². The minimum absolute atomic E-state index is 0.122. The largest absolute Gasteiger partial charge is 0.346 e. The minimum Gasteiger partial charge on any atom is -0.346 e. The Hall–Kier alpha value is -1.61. The highest BCUT2D eigenvalue weighted by atomic mass is 16.1. The molecule has 0 spiro atoms. The minimum atomic E-state index is -0.372. The molecule has 0 aliphatic rings. The molecule has 0 unspecified atom stereocenters. The van der Waals surface area contributed by atoms with E-state index in [2.05, 4.69) is 31.3 Å². The average molecular weight is 260 g/mol. The summed E-state index contributed by atoms with van der Waals surface area (Å²) in [6.07, 6.45) is 3.35. The molecule has 0 aromatic heterocycles.